The van der Waals surface area contributed by atoms with E-state index in [4.69, 9.17) is 19.2 Å². The minimum absolute atomic E-state index is 0. The van der Waals surface area contributed by atoms with Gasteiger partial charge in [-0.25, -0.2) is 0 Å². The van der Waals surface area contributed by atoms with Crippen molar-refractivity contribution >= 4 is 7.82 Å². The summed E-state index contributed by atoms with van der Waals surface area (Å²) in [6.07, 6.45) is 0. The number of hydrogen-bond donors (Lipinski definition) is 0. The van der Waals surface area contributed by atoms with Gasteiger partial charge in [0.25, 0.3) is 0 Å². The monoisotopic (exact) mass is 206 g/mol. The third-order valence-corrected chi connectivity index (χ3v) is 0. The molecule has 0 aromatic carbocycles. The van der Waals surface area contributed by atoms with Gasteiger partial charge in [-0.15, -0.1) is 0 Å². The smallest absolute Gasteiger partial charge is 0.822 e. The Morgan fingerprint density at radius 1 is 1.14 bits per heavy atom. The summed E-state index contributed by atoms with van der Waals surface area (Å²) in [4.78, 5) is 25.6. The van der Waals surface area contributed by atoms with E-state index in [1.807, 2.05) is 0 Å². The van der Waals surface area contributed by atoms with E-state index in [2.05, 4.69) is 0 Å². The summed E-state index contributed by atoms with van der Waals surface area (Å²) in [6.45, 7) is 0. The maximum Gasteiger partial charge on any atom is 2.00 e. The molecule has 0 aromatic rings. The third kappa shape index (κ3) is 144. The topological polar surface area (TPSA) is 86.2 Å². The average molecular weight is 206 g/mol. The van der Waals surface area contributed by atoms with Crippen molar-refractivity contribution in [3.63, 3.8) is 0 Å². The van der Waals surface area contributed by atoms with Crippen LogP contribution in [0.1, 0.15) is 0 Å². The molecule has 0 bridgehead atoms. The summed E-state index contributed by atoms with van der Waals surface area (Å²) in [5.74, 6) is 0. The molecule has 0 aliphatic carbocycles. The van der Waals surface area contributed by atoms with Crippen molar-refractivity contribution in [2.45, 2.75) is 0 Å². The van der Waals surface area contributed by atoms with Gasteiger partial charge in [0.05, 0.1) is 0 Å². The molecule has 0 rings (SSSR count). The van der Waals surface area contributed by atoms with Crippen LogP contribution in [0.3, 0.4) is 0 Å². The van der Waals surface area contributed by atoms with E-state index in [0.717, 1.165) is 0 Å². The van der Waals surface area contributed by atoms with Crippen molar-refractivity contribution in [2.24, 2.45) is 0 Å². The zero-order valence-electron chi connectivity index (χ0n) is 2.81. The Morgan fingerprint density at radius 2 is 1.14 bits per heavy atom. The van der Waals surface area contributed by atoms with Crippen molar-refractivity contribution in [2.75, 3.05) is 0 Å². The zero-order chi connectivity index (χ0) is 4.50. The second-order valence-electron chi connectivity index (χ2n) is 0.447. The van der Waals surface area contributed by atoms with E-state index in [-0.39, 0.29) is 34.1 Å². The molecule has 0 unspecified atom stereocenters. The van der Waals surface area contributed by atoms with Crippen LogP contribution in [0.5, 0.6) is 0 Å². The molecule has 0 aliphatic rings. The van der Waals surface area contributed by atoms with Gasteiger partial charge in [-0.1, -0.05) is 0 Å². The molecule has 7 heteroatoms. The molecule has 1 radical (unpaired) electrons. The first-order valence-corrected chi connectivity index (χ1v) is 2.19. The molecule has 0 aromatic heterocycles. The van der Waals surface area contributed by atoms with E-state index in [1.54, 1.807) is 0 Å². The maximum absolute atomic E-state index is 8.55. The van der Waals surface area contributed by atoms with Crippen molar-refractivity contribution < 1.29 is 53.4 Å². The molecule has 0 heterocycles. The molecule has 0 saturated carbocycles. The summed E-state index contributed by atoms with van der Waals surface area (Å²) in [5, 5.41) is 0. The first-order valence-electron chi connectivity index (χ1n) is 0.730. The minimum atomic E-state index is -5.39. The fraction of sp³-hybridized carbons (Fsp3) is 0. The summed E-state index contributed by atoms with van der Waals surface area (Å²) < 4.78 is 8.55. The second kappa shape index (κ2) is 5.29. The van der Waals surface area contributed by atoms with Crippen LogP contribution in [-0.4, -0.2) is 0 Å². The molecule has 0 spiro atoms. The predicted octanol–water partition coefficient (Wildman–Crippen LogP) is -2.83. The van der Waals surface area contributed by atoms with Gasteiger partial charge in [0.15, 0.2) is 0 Å². The van der Waals surface area contributed by atoms with Crippen molar-refractivity contribution in [1.82, 2.24) is 0 Å². The third-order valence-electron chi connectivity index (χ3n) is 0. The van der Waals surface area contributed by atoms with E-state index in [0.29, 0.717) is 0 Å². The van der Waals surface area contributed by atoms with Gasteiger partial charge in [-0.05, 0) is 0 Å². The van der Waals surface area contributed by atoms with Gasteiger partial charge in [0, 0.05) is 17.1 Å². The molecule has 0 aliphatic heterocycles. The summed E-state index contributed by atoms with van der Waals surface area (Å²) >= 11 is 0. The Bertz CT molecular complexity index is 57.8. The van der Waals surface area contributed by atoms with Crippen LogP contribution in [0.25, 0.3) is 0 Å². The van der Waals surface area contributed by atoms with Crippen LogP contribution >= 0.6 is 7.82 Å². The Hall–Kier alpha value is 1.15. The largest absolute Gasteiger partial charge is 2.00 e. The molecule has 7 heavy (non-hydrogen) atoms. The molecule has 0 saturated heterocycles. The fourth-order valence-electron chi connectivity index (χ4n) is 0. The van der Waals surface area contributed by atoms with Gasteiger partial charge in [0.2, 0.25) is 0 Å². The molecule has 0 fully saturated rings. The minimum Gasteiger partial charge on any atom is -0.822 e. The maximum atomic E-state index is 8.55. The molecule has 45 valence electrons. The van der Waals surface area contributed by atoms with Crippen molar-refractivity contribution in [1.29, 1.82) is 0 Å². The summed E-state index contributed by atoms with van der Waals surface area (Å²) in [5.41, 5.74) is 0. The number of rotatable bonds is 0. The van der Waals surface area contributed by atoms with Crippen LogP contribution in [-0.2, 0) is 38.7 Å². The Kier molecular flexibility index (Phi) is 11.9. The Labute approximate surface area is 61.5 Å². The van der Waals surface area contributed by atoms with E-state index in [9.17, 15) is 0 Å². The molecular formula is FeMnO4P-. The van der Waals surface area contributed by atoms with Crippen molar-refractivity contribution in [3.8, 4) is 0 Å². The van der Waals surface area contributed by atoms with Crippen LogP contribution in [0, 0.1) is 0 Å². The van der Waals surface area contributed by atoms with Gasteiger partial charge in [-0.2, -0.15) is 7.82 Å². The first kappa shape index (κ1) is 15.7. The normalized spacial score (nSPS) is 8.43. The van der Waals surface area contributed by atoms with E-state index >= 15 is 0 Å². The zero-order valence-corrected chi connectivity index (χ0v) is 5.99. The average Bonchev–Trinajstić information content (AvgIpc) is 0.722. The molecule has 0 atom stereocenters. The molecule has 4 nitrogen and oxygen atoms in total. The van der Waals surface area contributed by atoms with Gasteiger partial charge < -0.3 is 19.2 Å². The second-order valence-corrected chi connectivity index (χ2v) is 1.34. The SMILES string of the molecule is O=P([O-])([O-])[O-].[Fe].[Mn+2]. The van der Waals surface area contributed by atoms with Crippen molar-refractivity contribution in [3.05, 3.63) is 0 Å². The predicted molar refractivity (Wildman–Crippen MR) is 7.61 cm³/mol. The van der Waals surface area contributed by atoms with Gasteiger partial charge >= 0.3 is 17.1 Å². The van der Waals surface area contributed by atoms with Crippen LogP contribution in [0.4, 0.5) is 0 Å². The molecule has 0 N–H and O–H groups in total. The van der Waals surface area contributed by atoms with Crippen LogP contribution in [0.2, 0.25) is 0 Å². The molecular weight excluding hydrogens is 206 g/mol. The van der Waals surface area contributed by atoms with Crippen LogP contribution < -0.4 is 14.7 Å². The van der Waals surface area contributed by atoms with E-state index in [1.165, 1.54) is 0 Å². The van der Waals surface area contributed by atoms with E-state index < -0.39 is 7.82 Å². The Balaban J connectivity index is -0.0000000800. The van der Waals surface area contributed by atoms with Gasteiger partial charge in [-0.3, -0.25) is 0 Å². The standard InChI is InChI=1S/Fe.Mn.H3O4P/c;;1-5(2,3)4/h;;(H3,1,2,3,4)/q;+2;/p-3. The summed E-state index contributed by atoms with van der Waals surface area (Å²) in [7, 11) is -5.39. The fourth-order valence-corrected chi connectivity index (χ4v) is 0. The first-order chi connectivity index (χ1) is 2.00. The van der Waals surface area contributed by atoms with Crippen LogP contribution in [0.15, 0.2) is 0 Å². The molecule has 0 amide bonds. The number of phosphoric acid groups is 1. The summed E-state index contributed by atoms with van der Waals surface area (Å²) in [6, 6.07) is 0. The quantitative estimate of drug-likeness (QED) is 0.315. The van der Waals surface area contributed by atoms with Gasteiger partial charge in [0.1, 0.15) is 0 Å². The number of hydrogen-bond acceptors (Lipinski definition) is 4. The Morgan fingerprint density at radius 3 is 1.14 bits per heavy atom.